The molecule has 0 aliphatic heterocycles. The Hall–Kier alpha value is -3.31. The van der Waals surface area contributed by atoms with E-state index in [1.54, 1.807) is 60.7 Å². The fourth-order valence-electron chi connectivity index (χ4n) is 2.23. The molecule has 0 spiro atoms. The Labute approximate surface area is 161 Å². The van der Waals surface area contributed by atoms with Crippen molar-refractivity contribution < 1.29 is 19.1 Å². The van der Waals surface area contributed by atoms with Crippen LogP contribution in [0, 0.1) is 0 Å². The first-order valence-corrected chi connectivity index (χ1v) is 8.53. The Morgan fingerprint density at radius 3 is 2.15 bits per heavy atom. The number of ether oxygens (including phenoxy) is 2. The summed E-state index contributed by atoms with van der Waals surface area (Å²) in [6.07, 6.45) is 0. The lowest BCUT2D eigenvalue weighted by molar-refractivity contribution is -0.136. The summed E-state index contributed by atoms with van der Waals surface area (Å²) in [5, 5.41) is 3.35. The van der Waals surface area contributed by atoms with Crippen LogP contribution in [0.5, 0.6) is 11.5 Å². The van der Waals surface area contributed by atoms with Gasteiger partial charge in [-0.05, 0) is 60.7 Å². The molecule has 0 fully saturated rings. The van der Waals surface area contributed by atoms with Gasteiger partial charge >= 0.3 is 5.97 Å². The summed E-state index contributed by atoms with van der Waals surface area (Å²) in [6.45, 7) is -0.206. The number of carbonyl (C=O) groups excluding carboxylic acids is 2. The van der Waals surface area contributed by atoms with Crippen molar-refractivity contribution in [1.82, 2.24) is 0 Å². The lowest BCUT2D eigenvalue weighted by Gasteiger charge is -2.08. The molecular weight excluding hydrogens is 366 g/mol. The Balaban J connectivity index is 1.52. The number of amides is 1. The average molecular weight is 382 g/mol. The minimum absolute atomic E-state index is 0.206. The van der Waals surface area contributed by atoms with E-state index in [1.165, 1.54) is 0 Å². The predicted octanol–water partition coefficient (Wildman–Crippen LogP) is 4.58. The van der Waals surface area contributed by atoms with E-state index in [0.717, 1.165) is 0 Å². The van der Waals surface area contributed by atoms with Gasteiger partial charge in [-0.3, -0.25) is 4.79 Å². The molecule has 27 heavy (non-hydrogen) atoms. The lowest BCUT2D eigenvalue weighted by atomic mass is 10.2. The quantitative estimate of drug-likeness (QED) is 0.501. The Morgan fingerprint density at radius 1 is 0.815 bits per heavy atom. The Morgan fingerprint density at radius 2 is 1.48 bits per heavy atom. The van der Waals surface area contributed by atoms with E-state index < -0.39 is 5.97 Å². The van der Waals surface area contributed by atoms with Crippen LogP contribution in [0.15, 0.2) is 78.9 Å². The third-order valence-corrected chi connectivity index (χ3v) is 3.80. The highest BCUT2D eigenvalue weighted by Crippen LogP contribution is 2.17. The van der Waals surface area contributed by atoms with E-state index in [2.05, 4.69) is 5.32 Å². The SMILES string of the molecule is O=C(COc1ccccc1)Oc1ccc(C(=O)Nc2ccc(Cl)cc2)cc1. The monoisotopic (exact) mass is 381 g/mol. The van der Waals surface area contributed by atoms with Crippen LogP contribution in [-0.4, -0.2) is 18.5 Å². The summed E-state index contributed by atoms with van der Waals surface area (Å²) < 4.78 is 10.5. The number of para-hydroxylation sites is 1. The molecule has 1 N–H and O–H groups in total. The summed E-state index contributed by atoms with van der Waals surface area (Å²) >= 11 is 5.82. The number of esters is 1. The summed E-state index contributed by atoms with van der Waals surface area (Å²) in [7, 11) is 0. The highest BCUT2D eigenvalue weighted by Gasteiger charge is 2.09. The fourth-order valence-corrected chi connectivity index (χ4v) is 2.36. The number of hydrogen-bond acceptors (Lipinski definition) is 4. The Bertz CT molecular complexity index is 909. The molecule has 3 aromatic rings. The topological polar surface area (TPSA) is 64.6 Å². The van der Waals surface area contributed by atoms with Crippen LogP contribution in [-0.2, 0) is 4.79 Å². The molecule has 0 saturated carbocycles. The highest BCUT2D eigenvalue weighted by atomic mass is 35.5. The van der Waals surface area contributed by atoms with Crippen molar-refractivity contribution in [3.05, 3.63) is 89.4 Å². The van der Waals surface area contributed by atoms with Gasteiger partial charge in [0, 0.05) is 16.3 Å². The largest absolute Gasteiger partial charge is 0.482 e. The number of hydrogen-bond donors (Lipinski definition) is 1. The summed E-state index contributed by atoms with van der Waals surface area (Å²) in [5.41, 5.74) is 1.07. The van der Waals surface area contributed by atoms with Gasteiger partial charge in [0.1, 0.15) is 11.5 Å². The van der Waals surface area contributed by atoms with Gasteiger partial charge in [0.25, 0.3) is 5.91 Å². The van der Waals surface area contributed by atoms with Crippen LogP contribution in [0.2, 0.25) is 5.02 Å². The third kappa shape index (κ3) is 5.59. The van der Waals surface area contributed by atoms with Gasteiger partial charge in [-0.2, -0.15) is 0 Å². The predicted molar refractivity (Wildman–Crippen MR) is 103 cm³/mol. The molecule has 136 valence electrons. The second-order valence-corrected chi connectivity index (χ2v) is 6.00. The molecule has 0 saturated heterocycles. The number of benzene rings is 3. The second-order valence-electron chi connectivity index (χ2n) is 5.56. The fraction of sp³-hybridized carbons (Fsp3) is 0.0476. The minimum Gasteiger partial charge on any atom is -0.482 e. The molecule has 0 heterocycles. The molecule has 1 amide bonds. The highest BCUT2D eigenvalue weighted by molar-refractivity contribution is 6.30. The van der Waals surface area contributed by atoms with Crippen molar-refractivity contribution in [2.75, 3.05) is 11.9 Å². The molecule has 3 aromatic carbocycles. The summed E-state index contributed by atoms with van der Waals surface area (Å²) in [5.74, 6) is 0.114. The number of halogens is 1. The molecule has 0 atom stereocenters. The van der Waals surface area contributed by atoms with Gasteiger partial charge in [-0.15, -0.1) is 0 Å². The van der Waals surface area contributed by atoms with Crippen molar-refractivity contribution in [1.29, 1.82) is 0 Å². The summed E-state index contributed by atoms with van der Waals surface area (Å²) in [6, 6.07) is 22.1. The minimum atomic E-state index is -0.530. The van der Waals surface area contributed by atoms with Gasteiger partial charge in [0.15, 0.2) is 6.61 Å². The average Bonchev–Trinajstić information content (AvgIpc) is 2.69. The molecule has 0 aliphatic carbocycles. The van der Waals surface area contributed by atoms with Gasteiger partial charge < -0.3 is 14.8 Å². The van der Waals surface area contributed by atoms with Crippen molar-refractivity contribution in [3.63, 3.8) is 0 Å². The van der Waals surface area contributed by atoms with Crippen LogP contribution < -0.4 is 14.8 Å². The zero-order chi connectivity index (χ0) is 19.1. The maximum atomic E-state index is 12.2. The zero-order valence-corrected chi connectivity index (χ0v) is 15.0. The molecule has 6 heteroatoms. The standard InChI is InChI=1S/C21H16ClNO4/c22-16-8-10-17(11-9-16)23-21(25)15-6-12-19(13-7-15)27-20(24)14-26-18-4-2-1-3-5-18/h1-13H,14H2,(H,23,25). The lowest BCUT2D eigenvalue weighted by Crippen LogP contribution is -2.17. The first-order valence-electron chi connectivity index (χ1n) is 8.16. The van der Waals surface area contributed by atoms with E-state index in [-0.39, 0.29) is 12.5 Å². The van der Waals surface area contributed by atoms with Gasteiger partial charge in [0.2, 0.25) is 0 Å². The van der Waals surface area contributed by atoms with Crippen LogP contribution >= 0.6 is 11.6 Å². The maximum absolute atomic E-state index is 12.2. The zero-order valence-electron chi connectivity index (χ0n) is 14.2. The third-order valence-electron chi connectivity index (χ3n) is 3.55. The first kappa shape index (κ1) is 18.5. The van der Waals surface area contributed by atoms with E-state index in [4.69, 9.17) is 21.1 Å². The van der Waals surface area contributed by atoms with Crippen molar-refractivity contribution in [3.8, 4) is 11.5 Å². The van der Waals surface area contributed by atoms with Crippen LogP contribution in [0.25, 0.3) is 0 Å². The van der Waals surface area contributed by atoms with E-state index in [9.17, 15) is 9.59 Å². The van der Waals surface area contributed by atoms with Crippen LogP contribution in [0.3, 0.4) is 0 Å². The van der Waals surface area contributed by atoms with Crippen LogP contribution in [0.1, 0.15) is 10.4 Å². The molecule has 3 rings (SSSR count). The van der Waals surface area contributed by atoms with Gasteiger partial charge in [-0.25, -0.2) is 4.79 Å². The van der Waals surface area contributed by atoms with Gasteiger partial charge in [-0.1, -0.05) is 29.8 Å². The number of anilines is 1. The summed E-state index contributed by atoms with van der Waals surface area (Å²) in [4.78, 5) is 24.1. The number of nitrogens with one attached hydrogen (secondary N) is 1. The Kier molecular flexibility index (Phi) is 6.07. The molecule has 0 bridgehead atoms. The molecule has 0 unspecified atom stereocenters. The first-order chi connectivity index (χ1) is 13.1. The number of carbonyl (C=O) groups is 2. The number of rotatable bonds is 6. The molecule has 0 radical (unpaired) electrons. The molecule has 0 aliphatic rings. The van der Waals surface area contributed by atoms with E-state index in [1.807, 2.05) is 18.2 Å². The van der Waals surface area contributed by atoms with Crippen molar-refractivity contribution in [2.45, 2.75) is 0 Å². The van der Waals surface area contributed by atoms with Gasteiger partial charge in [0.05, 0.1) is 0 Å². The maximum Gasteiger partial charge on any atom is 0.349 e. The van der Waals surface area contributed by atoms with Crippen LogP contribution in [0.4, 0.5) is 5.69 Å². The normalized spacial score (nSPS) is 10.1. The molecule has 0 aromatic heterocycles. The smallest absolute Gasteiger partial charge is 0.349 e. The molecule has 5 nitrogen and oxygen atoms in total. The van der Waals surface area contributed by atoms with Crippen molar-refractivity contribution in [2.24, 2.45) is 0 Å². The van der Waals surface area contributed by atoms with E-state index >= 15 is 0 Å². The second kappa shape index (κ2) is 8.87. The molecular formula is C21H16ClNO4. The van der Waals surface area contributed by atoms with E-state index in [0.29, 0.717) is 27.8 Å². The van der Waals surface area contributed by atoms with Crippen molar-refractivity contribution >= 4 is 29.2 Å².